The van der Waals surface area contributed by atoms with E-state index < -0.39 is 62.9 Å². The SMILES string of the molecule is Cc1cc(C)c(C)c(C(=O)OC23CC4CC(C2)C(C(=O)OC(C(F)(F)F)C(F)(F)S(=O)(=O)O)C(C4)C3)c1. The van der Waals surface area contributed by atoms with Crippen LogP contribution in [0.15, 0.2) is 12.1 Å². The summed E-state index contributed by atoms with van der Waals surface area (Å²) in [7, 11) is -6.53. The van der Waals surface area contributed by atoms with Crippen LogP contribution in [0.2, 0.25) is 0 Å². The fourth-order valence-electron chi connectivity index (χ4n) is 6.62. The Balaban J connectivity index is 1.55. The van der Waals surface area contributed by atoms with Crippen LogP contribution in [0.1, 0.15) is 59.2 Å². The number of rotatable bonds is 6. The highest BCUT2D eigenvalue weighted by Gasteiger charge is 2.67. The van der Waals surface area contributed by atoms with Crippen LogP contribution in [0.4, 0.5) is 22.0 Å². The van der Waals surface area contributed by atoms with E-state index in [0.29, 0.717) is 24.8 Å². The van der Waals surface area contributed by atoms with Crippen LogP contribution in [0.25, 0.3) is 0 Å². The van der Waals surface area contributed by atoms with Crippen molar-refractivity contribution in [1.29, 1.82) is 0 Å². The van der Waals surface area contributed by atoms with Gasteiger partial charge in [-0.3, -0.25) is 9.35 Å². The smallest absolute Gasteiger partial charge is 0.432 e. The number of esters is 2. The van der Waals surface area contributed by atoms with Crippen LogP contribution in [0.3, 0.4) is 0 Å². The quantitative estimate of drug-likeness (QED) is 0.302. The molecule has 13 heteroatoms. The molecule has 0 saturated heterocycles. The lowest BCUT2D eigenvalue weighted by atomic mass is 9.50. The molecule has 37 heavy (non-hydrogen) atoms. The van der Waals surface area contributed by atoms with Crippen molar-refractivity contribution in [2.45, 2.75) is 76.0 Å². The van der Waals surface area contributed by atoms with E-state index in [4.69, 9.17) is 9.29 Å². The summed E-state index contributed by atoms with van der Waals surface area (Å²) in [5, 5.41) is -5.78. The van der Waals surface area contributed by atoms with E-state index in [1.54, 1.807) is 13.0 Å². The van der Waals surface area contributed by atoms with Crippen molar-refractivity contribution < 1.29 is 54.0 Å². The number of hydrogen-bond donors (Lipinski definition) is 1. The molecule has 0 radical (unpaired) electrons. The summed E-state index contributed by atoms with van der Waals surface area (Å²) in [6.45, 7) is 5.49. The second-order valence-corrected chi connectivity index (χ2v) is 12.2. The lowest BCUT2D eigenvalue weighted by molar-refractivity contribution is -0.265. The Labute approximate surface area is 210 Å². The van der Waals surface area contributed by atoms with E-state index in [1.807, 2.05) is 19.9 Å². The average Bonchev–Trinajstić information content (AvgIpc) is 2.71. The van der Waals surface area contributed by atoms with Crippen molar-refractivity contribution in [3.63, 3.8) is 0 Å². The number of ether oxygens (including phenoxy) is 2. The second kappa shape index (κ2) is 8.89. The first kappa shape index (κ1) is 27.7. The highest BCUT2D eigenvalue weighted by atomic mass is 32.2. The third-order valence-electron chi connectivity index (χ3n) is 8.01. The molecule has 3 atom stereocenters. The first-order valence-electron chi connectivity index (χ1n) is 11.8. The Hall–Kier alpha value is -2.28. The number of carbonyl (C=O) groups excluding carboxylic acids is 2. The molecule has 1 N–H and O–H groups in total. The van der Waals surface area contributed by atoms with Crippen molar-refractivity contribution in [2.75, 3.05) is 0 Å². The lowest BCUT2D eigenvalue weighted by Gasteiger charge is -2.58. The molecule has 4 aliphatic carbocycles. The van der Waals surface area contributed by atoms with Crippen LogP contribution in [0, 0.1) is 44.4 Å². The second-order valence-electron chi connectivity index (χ2n) is 10.7. The summed E-state index contributed by atoms with van der Waals surface area (Å²) in [6.07, 6.45) is -8.71. The van der Waals surface area contributed by atoms with E-state index >= 15 is 0 Å². The number of benzene rings is 1. The summed E-state index contributed by atoms with van der Waals surface area (Å²) in [5.74, 6) is -4.53. The van der Waals surface area contributed by atoms with E-state index in [2.05, 4.69) is 4.74 Å². The molecule has 206 valence electrons. The van der Waals surface area contributed by atoms with Gasteiger partial charge in [-0.05, 0) is 93.4 Å². The molecule has 4 aliphatic rings. The normalized spacial score (nSPS) is 30.2. The molecule has 5 rings (SSSR count). The Morgan fingerprint density at radius 1 is 1.03 bits per heavy atom. The summed E-state index contributed by atoms with van der Waals surface area (Å²) in [5.41, 5.74) is 1.96. The average molecular weight is 555 g/mol. The predicted molar refractivity (Wildman–Crippen MR) is 118 cm³/mol. The van der Waals surface area contributed by atoms with Gasteiger partial charge in [0.15, 0.2) is 0 Å². The van der Waals surface area contributed by atoms with Crippen molar-refractivity contribution in [3.05, 3.63) is 34.4 Å². The minimum Gasteiger partial charge on any atom is -0.455 e. The van der Waals surface area contributed by atoms with Gasteiger partial charge >= 0.3 is 33.5 Å². The topological polar surface area (TPSA) is 107 Å². The number of aryl methyl sites for hydroxylation is 2. The summed E-state index contributed by atoms with van der Waals surface area (Å²) in [4.78, 5) is 25.9. The molecule has 0 aromatic heterocycles. The molecule has 4 saturated carbocycles. The molecule has 0 amide bonds. The minimum atomic E-state index is -6.53. The minimum absolute atomic E-state index is 0.0207. The Morgan fingerprint density at radius 3 is 2.11 bits per heavy atom. The Bertz CT molecular complexity index is 1210. The van der Waals surface area contributed by atoms with E-state index in [1.165, 1.54) is 0 Å². The summed E-state index contributed by atoms with van der Waals surface area (Å²) >= 11 is 0. The van der Waals surface area contributed by atoms with Gasteiger partial charge in [0.05, 0.1) is 11.5 Å². The molecule has 0 aliphatic heterocycles. The number of halogens is 5. The highest BCUT2D eigenvalue weighted by Crippen LogP contribution is 2.60. The fourth-order valence-corrected chi connectivity index (χ4v) is 7.07. The number of alkyl halides is 5. The first-order chi connectivity index (χ1) is 16.8. The van der Waals surface area contributed by atoms with Gasteiger partial charge < -0.3 is 9.47 Å². The van der Waals surface area contributed by atoms with Gasteiger partial charge in [0.25, 0.3) is 6.10 Å². The molecule has 4 fully saturated rings. The van der Waals surface area contributed by atoms with Crippen LogP contribution >= 0.6 is 0 Å². The maximum absolute atomic E-state index is 13.9. The lowest BCUT2D eigenvalue weighted by Crippen LogP contribution is -2.59. The molecular formula is C24H27F5O7S. The predicted octanol–water partition coefficient (Wildman–Crippen LogP) is 4.92. The third-order valence-corrected chi connectivity index (χ3v) is 8.91. The molecule has 0 heterocycles. The molecule has 1 aromatic rings. The van der Waals surface area contributed by atoms with Crippen molar-refractivity contribution in [1.82, 2.24) is 0 Å². The van der Waals surface area contributed by atoms with Gasteiger partial charge in [-0.15, -0.1) is 0 Å². The van der Waals surface area contributed by atoms with Crippen molar-refractivity contribution >= 4 is 22.1 Å². The molecular weight excluding hydrogens is 527 g/mol. The highest BCUT2D eigenvalue weighted by molar-refractivity contribution is 7.86. The third kappa shape index (κ3) is 4.96. The molecule has 1 aromatic carbocycles. The summed E-state index contributed by atoms with van der Waals surface area (Å²) in [6, 6.07) is 3.63. The molecule has 4 bridgehead atoms. The number of carbonyl (C=O) groups is 2. The van der Waals surface area contributed by atoms with E-state index in [-0.39, 0.29) is 18.8 Å². The maximum Gasteiger partial charge on any atom is 0.432 e. The van der Waals surface area contributed by atoms with Gasteiger partial charge in [0, 0.05) is 0 Å². The maximum atomic E-state index is 13.9. The van der Waals surface area contributed by atoms with Crippen molar-refractivity contribution in [2.24, 2.45) is 23.7 Å². The largest absolute Gasteiger partial charge is 0.455 e. The van der Waals surface area contributed by atoms with Crippen LogP contribution in [-0.4, -0.2) is 48.0 Å². The van der Waals surface area contributed by atoms with Crippen LogP contribution in [-0.2, 0) is 24.4 Å². The van der Waals surface area contributed by atoms with Crippen molar-refractivity contribution in [3.8, 4) is 0 Å². The first-order valence-corrected chi connectivity index (χ1v) is 13.2. The fraction of sp³-hybridized carbons (Fsp3) is 0.667. The monoisotopic (exact) mass is 554 g/mol. The van der Waals surface area contributed by atoms with Gasteiger partial charge in [-0.2, -0.15) is 30.4 Å². The molecule has 3 unspecified atom stereocenters. The summed E-state index contributed by atoms with van der Waals surface area (Å²) < 4.78 is 108. The van der Waals surface area contributed by atoms with Crippen LogP contribution in [0.5, 0.6) is 0 Å². The zero-order chi connectivity index (χ0) is 27.7. The molecule has 7 nitrogen and oxygen atoms in total. The number of hydrogen-bond acceptors (Lipinski definition) is 6. The Morgan fingerprint density at radius 2 is 1.59 bits per heavy atom. The van der Waals surface area contributed by atoms with Gasteiger partial charge in [-0.25, -0.2) is 4.79 Å². The van der Waals surface area contributed by atoms with Gasteiger partial charge in [0.1, 0.15) is 5.60 Å². The standard InChI is InChI=1S/C24H27F5O7S/c1-11-4-12(2)13(3)17(5-11)19(30)36-22-8-14-6-15(9-22)18(16(7-14)10-22)20(31)35-21(23(25,26)27)24(28,29)37(32,33)34/h4-5,14-16,18,21H,6-10H2,1-3H3,(H,32,33,34). The van der Waals surface area contributed by atoms with E-state index in [9.17, 15) is 40.0 Å². The zero-order valence-corrected chi connectivity index (χ0v) is 21.1. The Kier molecular flexibility index (Phi) is 6.67. The van der Waals surface area contributed by atoms with Crippen LogP contribution < -0.4 is 0 Å². The zero-order valence-electron chi connectivity index (χ0n) is 20.3. The van der Waals surface area contributed by atoms with E-state index in [0.717, 1.165) is 16.7 Å². The van der Waals surface area contributed by atoms with Gasteiger partial charge in [0.2, 0.25) is 0 Å². The molecule has 0 spiro atoms. The van der Waals surface area contributed by atoms with Gasteiger partial charge in [-0.1, -0.05) is 6.07 Å².